The van der Waals surface area contributed by atoms with Gasteiger partial charge in [0.2, 0.25) is 0 Å². The molecule has 0 saturated carbocycles. The molecule has 1 N–H and O–H groups in total. The minimum atomic E-state index is 0.950. The third kappa shape index (κ3) is 3.30. The van der Waals surface area contributed by atoms with Gasteiger partial charge in [0.05, 0.1) is 11.2 Å². The third-order valence-electron chi connectivity index (χ3n) is 1.66. The first-order chi connectivity index (χ1) is 5.83. The van der Waals surface area contributed by atoms with Crippen molar-refractivity contribution in [1.82, 2.24) is 15.2 Å². The minimum Gasteiger partial charge on any atom is -0.318 e. The summed E-state index contributed by atoms with van der Waals surface area (Å²) in [5, 5.41) is 5.21. The van der Waals surface area contributed by atoms with E-state index in [2.05, 4.69) is 27.6 Å². The van der Waals surface area contributed by atoms with Crippen LogP contribution in [0, 0.1) is 0 Å². The van der Waals surface area contributed by atoms with Gasteiger partial charge in [-0.1, -0.05) is 0 Å². The Kier molecular flexibility index (Phi) is 4.21. The van der Waals surface area contributed by atoms with Crippen LogP contribution in [0.25, 0.3) is 0 Å². The number of nitrogens with one attached hydrogen (secondary N) is 1. The third-order valence-corrected chi connectivity index (χ3v) is 2.29. The molecular formula is C8H15N3S. The van der Waals surface area contributed by atoms with Crippen LogP contribution in [0.15, 0.2) is 10.9 Å². The van der Waals surface area contributed by atoms with E-state index in [0.29, 0.717) is 0 Å². The van der Waals surface area contributed by atoms with E-state index in [4.69, 9.17) is 0 Å². The molecule has 1 heterocycles. The molecule has 12 heavy (non-hydrogen) atoms. The van der Waals surface area contributed by atoms with Gasteiger partial charge in [-0.25, -0.2) is 4.98 Å². The van der Waals surface area contributed by atoms with Crippen LogP contribution in [0.4, 0.5) is 0 Å². The molecule has 0 aliphatic carbocycles. The molecule has 4 heteroatoms. The lowest BCUT2D eigenvalue weighted by molar-refractivity contribution is 0.325. The van der Waals surface area contributed by atoms with Gasteiger partial charge in [0.15, 0.2) is 0 Å². The Morgan fingerprint density at radius 1 is 1.67 bits per heavy atom. The summed E-state index contributed by atoms with van der Waals surface area (Å²) in [6.45, 7) is 3.04. The molecule has 1 aromatic rings. The maximum absolute atomic E-state index is 4.22. The van der Waals surface area contributed by atoms with Crippen molar-refractivity contribution in [1.29, 1.82) is 0 Å². The number of hydrogen-bond acceptors (Lipinski definition) is 4. The molecular weight excluding hydrogens is 170 g/mol. The van der Waals surface area contributed by atoms with Crippen molar-refractivity contribution in [3.05, 3.63) is 16.6 Å². The quantitative estimate of drug-likeness (QED) is 0.735. The summed E-state index contributed by atoms with van der Waals surface area (Å²) in [5.41, 5.74) is 3.04. The van der Waals surface area contributed by atoms with Gasteiger partial charge in [0.1, 0.15) is 0 Å². The van der Waals surface area contributed by atoms with Crippen molar-refractivity contribution in [3.63, 3.8) is 0 Å². The molecule has 0 radical (unpaired) electrons. The van der Waals surface area contributed by atoms with Crippen LogP contribution in [0.1, 0.15) is 5.69 Å². The number of rotatable bonds is 5. The maximum atomic E-state index is 4.22. The van der Waals surface area contributed by atoms with Crippen molar-refractivity contribution < 1.29 is 0 Å². The van der Waals surface area contributed by atoms with Gasteiger partial charge in [-0.3, -0.25) is 4.90 Å². The highest BCUT2D eigenvalue weighted by Crippen LogP contribution is 2.02. The zero-order valence-corrected chi connectivity index (χ0v) is 8.40. The number of likely N-dealkylation sites (N-methyl/N-ethyl adjacent to an activating group) is 2. The Labute approximate surface area is 77.4 Å². The first-order valence-electron chi connectivity index (χ1n) is 4.03. The number of aromatic nitrogens is 1. The summed E-state index contributed by atoms with van der Waals surface area (Å²) in [4.78, 5) is 6.48. The smallest absolute Gasteiger partial charge is 0.0795 e. The van der Waals surface area contributed by atoms with E-state index in [1.807, 2.05) is 12.6 Å². The lowest BCUT2D eigenvalue weighted by atomic mass is 10.4. The highest BCUT2D eigenvalue weighted by Gasteiger charge is 1.99. The standard InChI is InChI=1S/C8H15N3S/c1-9-3-4-11(2)5-8-6-12-7-10-8/h6-7,9H,3-5H2,1-2H3. The number of nitrogens with zero attached hydrogens (tertiary/aromatic N) is 2. The van der Waals surface area contributed by atoms with Crippen molar-refractivity contribution in [2.24, 2.45) is 0 Å². The fraction of sp³-hybridized carbons (Fsp3) is 0.625. The summed E-state index contributed by atoms with van der Waals surface area (Å²) in [7, 11) is 4.08. The van der Waals surface area contributed by atoms with Crippen LogP contribution in [-0.2, 0) is 6.54 Å². The van der Waals surface area contributed by atoms with E-state index < -0.39 is 0 Å². The Balaban J connectivity index is 2.22. The molecule has 0 aliphatic heterocycles. The Bertz CT molecular complexity index is 198. The molecule has 0 bridgehead atoms. The van der Waals surface area contributed by atoms with E-state index in [0.717, 1.165) is 19.6 Å². The molecule has 0 atom stereocenters. The highest BCUT2D eigenvalue weighted by molar-refractivity contribution is 7.07. The van der Waals surface area contributed by atoms with Crippen LogP contribution in [0.3, 0.4) is 0 Å². The summed E-state index contributed by atoms with van der Waals surface area (Å²) >= 11 is 1.65. The molecule has 0 aromatic carbocycles. The van der Waals surface area contributed by atoms with Crippen LogP contribution in [0.5, 0.6) is 0 Å². The Hall–Kier alpha value is -0.450. The minimum absolute atomic E-state index is 0.950. The van der Waals surface area contributed by atoms with Gasteiger partial charge in [-0.15, -0.1) is 11.3 Å². The van der Waals surface area contributed by atoms with Crippen LogP contribution < -0.4 is 5.32 Å². The summed E-state index contributed by atoms with van der Waals surface area (Å²) < 4.78 is 0. The molecule has 0 fully saturated rings. The molecule has 3 nitrogen and oxygen atoms in total. The summed E-state index contributed by atoms with van der Waals surface area (Å²) in [6.07, 6.45) is 0. The second kappa shape index (κ2) is 5.24. The molecule has 0 aliphatic rings. The average Bonchev–Trinajstić information content (AvgIpc) is 2.53. The van der Waals surface area contributed by atoms with Gasteiger partial charge < -0.3 is 5.32 Å². The molecule has 0 spiro atoms. The largest absolute Gasteiger partial charge is 0.318 e. The Morgan fingerprint density at radius 3 is 3.08 bits per heavy atom. The van der Waals surface area contributed by atoms with E-state index in [-0.39, 0.29) is 0 Å². The fourth-order valence-corrected chi connectivity index (χ4v) is 1.52. The normalized spacial score (nSPS) is 10.9. The van der Waals surface area contributed by atoms with Gasteiger partial charge >= 0.3 is 0 Å². The lowest BCUT2D eigenvalue weighted by Gasteiger charge is -2.14. The van der Waals surface area contributed by atoms with E-state index in [1.54, 1.807) is 11.3 Å². The van der Waals surface area contributed by atoms with Crippen LogP contribution >= 0.6 is 11.3 Å². The first kappa shape index (κ1) is 9.64. The molecule has 0 saturated heterocycles. The monoisotopic (exact) mass is 185 g/mol. The highest BCUT2D eigenvalue weighted by atomic mass is 32.1. The number of thiazole rings is 1. The number of hydrogen-bond donors (Lipinski definition) is 1. The van der Waals surface area contributed by atoms with Gasteiger partial charge in [0, 0.05) is 25.0 Å². The lowest BCUT2D eigenvalue weighted by Crippen LogP contribution is -2.26. The van der Waals surface area contributed by atoms with Gasteiger partial charge in [-0.2, -0.15) is 0 Å². The van der Waals surface area contributed by atoms with Crippen molar-refractivity contribution in [2.45, 2.75) is 6.54 Å². The van der Waals surface area contributed by atoms with Gasteiger partial charge in [0.25, 0.3) is 0 Å². The first-order valence-corrected chi connectivity index (χ1v) is 4.97. The van der Waals surface area contributed by atoms with E-state index in [9.17, 15) is 0 Å². The second-order valence-corrected chi connectivity index (χ2v) is 3.54. The molecule has 0 amide bonds. The topological polar surface area (TPSA) is 28.2 Å². The van der Waals surface area contributed by atoms with Crippen LogP contribution in [-0.4, -0.2) is 37.1 Å². The fourth-order valence-electron chi connectivity index (χ4n) is 0.974. The summed E-state index contributed by atoms with van der Waals surface area (Å²) in [6, 6.07) is 0. The van der Waals surface area contributed by atoms with Crippen molar-refractivity contribution >= 4 is 11.3 Å². The van der Waals surface area contributed by atoms with E-state index >= 15 is 0 Å². The van der Waals surface area contributed by atoms with Crippen LogP contribution in [0.2, 0.25) is 0 Å². The predicted molar refractivity (Wildman–Crippen MR) is 52.4 cm³/mol. The maximum Gasteiger partial charge on any atom is 0.0795 e. The van der Waals surface area contributed by atoms with Gasteiger partial charge in [-0.05, 0) is 14.1 Å². The zero-order chi connectivity index (χ0) is 8.81. The molecule has 0 unspecified atom stereocenters. The van der Waals surface area contributed by atoms with E-state index in [1.165, 1.54) is 5.69 Å². The zero-order valence-electron chi connectivity index (χ0n) is 7.58. The van der Waals surface area contributed by atoms with Crippen molar-refractivity contribution in [3.8, 4) is 0 Å². The second-order valence-electron chi connectivity index (χ2n) is 2.82. The molecule has 68 valence electrons. The SMILES string of the molecule is CNCCN(C)Cc1cscn1. The molecule has 1 aromatic heterocycles. The summed E-state index contributed by atoms with van der Waals surface area (Å²) in [5.74, 6) is 0. The van der Waals surface area contributed by atoms with Crippen molar-refractivity contribution in [2.75, 3.05) is 27.2 Å². The Morgan fingerprint density at radius 2 is 2.50 bits per heavy atom. The molecule has 1 rings (SSSR count). The average molecular weight is 185 g/mol. The predicted octanol–water partition coefficient (Wildman–Crippen LogP) is 0.794.